The van der Waals surface area contributed by atoms with E-state index in [1.807, 2.05) is 18.4 Å². The SMILES string of the molecule is C#Cc1cccc(NC(=O)c2cccnc2SC)c1. The van der Waals surface area contributed by atoms with Gasteiger partial charge in [0.2, 0.25) is 0 Å². The lowest BCUT2D eigenvalue weighted by atomic mass is 10.2. The zero-order chi connectivity index (χ0) is 13.7. The Kier molecular flexibility index (Phi) is 4.22. The van der Waals surface area contributed by atoms with Crippen LogP contribution < -0.4 is 5.32 Å². The van der Waals surface area contributed by atoms with E-state index in [-0.39, 0.29) is 5.91 Å². The molecule has 2 aromatic rings. The van der Waals surface area contributed by atoms with Crippen molar-refractivity contribution in [2.24, 2.45) is 0 Å². The van der Waals surface area contributed by atoms with Crippen molar-refractivity contribution in [3.8, 4) is 12.3 Å². The van der Waals surface area contributed by atoms with Gasteiger partial charge in [0.15, 0.2) is 0 Å². The molecule has 1 amide bonds. The van der Waals surface area contributed by atoms with Crippen molar-refractivity contribution in [2.45, 2.75) is 5.03 Å². The van der Waals surface area contributed by atoms with E-state index in [2.05, 4.69) is 16.2 Å². The first kappa shape index (κ1) is 13.2. The van der Waals surface area contributed by atoms with Crippen molar-refractivity contribution in [1.82, 2.24) is 4.98 Å². The monoisotopic (exact) mass is 268 g/mol. The van der Waals surface area contributed by atoms with Crippen LogP contribution in [0.4, 0.5) is 5.69 Å². The summed E-state index contributed by atoms with van der Waals surface area (Å²) in [5.41, 5.74) is 1.96. The molecule has 3 nitrogen and oxygen atoms in total. The fourth-order valence-electron chi connectivity index (χ4n) is 1.61. The fraction of sp³-hybridized carbons (Fsp3) is 0.0667. The quantitative estimate of drug-likeness (QED) is 0.687. The highest BCUT2D eigenvalue weighted by Crippen LogP contribution is 2.18. The highest BCUT2D eigenvalue weighted by molar-refractivity contribution is 7.98. The standard InChI is InChI=1S/C15H12N2OS/c1-3-11-6-4-7-12(10-11)17-14(18)13-8-5-9-16-15(13)19-2/h1,4-10H,2H3,(H,17,18). The summed E-state index contributed by atoms with van der Waals surface area (Å²) in [7, 11) is 0. The molecule has 0 unspecified atom stereocenters. The molecule has 2 rings (SSSR count). The van der Waals surface area contributed by atoms with Crippen molar-refractivity contribution in [3.63, 3.8) is 0 Å². The molecule has 0 bridgehead atoms. The van der Waals surface area contributed by atoms with Gasteiger partial charge in [-0.25, -0.2) is 4.98 Å². The third kappa shape index (κ3) is 3.15. The minimum atomic E-state index is -0.188. The van der Waals surface area contributed by atoms with Crippen LogP contribution in [0.2, 0.25) is 0 Å². The molecule has 0 atom stereocenters. The van der Waals surface area contributed by atoms with E-state index in [0.29, 0.717) is 16.3 Å². The number of rotatable bonds is 3. The summed E-state index contributed by atoms with van der Waals surface area (Å²) in [5, 5.41) is 3.52. The second kappa shape index (κ2) is 6.07. The number of hydrogen-bond donors (Lipinski definition) is 1. The Morgan fingerprint density at radius 1 is 1.37 bits per heavy atom. The van der Waals surface area contributed by atoms with Gasteiger partial charge >= 0.3 is 0 Å². The number of terminal acetylenes is 1. The molecule has 0 aliphatic rings. The minimum absolute atomic E-state index is 0.188. The van der Waals surface area contributed by atoms with Crippen molar-refractivity contribution in [2.75, 3.05) is 11.6 Å². The van der Waals surface area contributed by atoms with Crippen LogP contribution in [-0.2, 0) is 0 Å². The minimum Gasteiger partial charge on any atom is -0.322 e. The molecule has 19 heavy (non-hydrogen) atoms. The molecule has 4 heteroatoms. The molecule has 0 radical (unpaired) electrons. The van der Waals surface area contributed by atoms with E-state index < -0.39 is 0 Å². The predicted molar refractivity (Wildman–Crippen MR) is 78.3 cm³/mol. The number of nitrogens with zero attached hydrogens (tertiary/aromatic N) is 1. The highest BCUT2D eigenvalue weighted by atomic mass is 32.2. The van der Waals surface area contributed by atoms with Gasteiger partial charge in [0.25, 0.3) is 5.91 Å². The van der Waals surface area contributed by atoms with E-state index in [4.69, 9.17) is 6.42 Å². The van der Waals surface area contributed by atoms with Gasteiger partial charge in [0.05, 0.1) is 5.56 Å². The highest BCUT2D eigenvalue weighted by Gasteiger charge is 2.11. The van der Waals surface area contributed by atoms with Gasteiger partial charge in [-0.1, -0.05) is 12.0 Å². The summed E-state index contributed by atoms with van der Waals surface area (Å²) in [6.07, 6.45) is 8.89. The van der Waals surface area contributed by atoms with E-state index in [1.54, 1.807) is 30.5 Å². The Bertz CT molecular complexity index is 647. The second-order valence-electron chi connectivity index (χ2n) is 3.74. The maximum absolute atomic E-state index is 12.2. The molecule has 0 aliphatic heterocycles. The first-order valence-corrected chi connectivity index (χ1v) is 6.84. The number of amides is 1. The van der Waals surface area contributed by atoms with Crippen LogP contribution in [0, 0.1) is 12.3 Å². The molecule has 1 aromatic carbocycles. The number of benzene rings is 1. The maximum atomic E-state index is 12.2. The zero-order valence-electron chi connectivity index (χ0n) is 10.4. The average Bonchev–Trinajstić information content (AvgIpc) is 2.47. The van der Waals surface area contributed by atoms with Gasteiger partial charge in [0, 0.05) is 17.4 Å². The van der Waals surface area contributed by atoms with Crippen molar-refractivity contribution in [1.29, 1.82) is 0 Å². The van der Waals surface area contributed by atoms with Crippen LogP contribution in [0.15, 0.2) is 47.6 Å². The fourth-order valence-corrected chi connectivity index (χ4v) is 2.16. The summed E-state index contributed by atoms with van der Waals surface area (Å²) in [5.74, 6) is 2.35. The maximum Gasteiger partial charge on any atom is 0.258 e. The number of aromatic nitrogens is 1. The molecule has 0 saturated carbocycles. The van der Waals surface area contributed by atoms with Crippen LogP contribution >= 0.6 is 11.8 Å². The Morgan fingerprint density at radius 2 is 2.21 bits per heavy atom. The van der Waals surface area contributed by atoms with Crippen molar-refractivity contribution in [3.05, 3.63) is 53.7 Å². The number of pyridine rings is 1. The zero-order valence-corrected chi connectivity index (χ0v) is 11.2. The van der Waals surface area contributed by atoms with E-state index in [9.17, 15) is 4.79 Å². The second-order valence-corrected chi connectivity index (χ2v) is 4.53. The van der Waals surface area contributed by atoms with Crippen LogP contribution in [-0.4, -0.2) is 17.1 Å². The summed E-state index contributed by atoms with van der Waals surface area (Å²) in [6.45, 7) is 0. The molecule has 1 N–H and O–H groups in total. The lowest BCUT2D eigenvalue weighted by Gasteiger charge is -2.08. The Labute approximate surface area is 116 Å². The van der Waals surface area contributed by atoms with Crippen molar-refractivity contribution < 1.29 is 4.79 Å². The summed E-state index contributed by atoms with van der Waals surface area (Å²) >= 11 is 1.44. The first-order valence-electron chi connectivity index (χ1n) is 5.61. The van der Waals surface area contributed by atoms with Gasteiger partial charge in [-0.3, -0.25) is 4.79 Å². The Hall–Kier alpha value is -2.25. The molecule has 0 aliphatic carbocycles. The summed E-state index contributed by atoms with van der Waals surface area (Å²) < 4.78 is 0. The van der Waals surface area contributed by atoms with Gasteiger partial charge in [-0.2, -0.15) is 0 Å². The van der Waals surface area contributed by atoms with Crippen molar-refractivity contribution >= 4 is 23.4 Å². The first-order chi connectivity index (χ1) is 9.24. The smallest absolute Gasteiger partial charge is 0.258 e. The number of hydrogen-bond acceptors (Lipinski definition) is 3. The Morgan fingerprint density at radius 3 is 2.95 bits per heavy atom. The normalized spacial score (nSPS) is 9.68. The third-order valence-electron chi connectivity index (χ3n) is 2.50. The lowest BCUT2D eigenvalue weighted by Crippen LogP contribution is -2.13. The van der Waals surface area contributed by atoms with Gasteiger partial charge in [-0.05, 0) is 36.6 Å². The van der Waals surface area contributed by atoms with Crippen LogP contribution in [0.25, 0.3) is 0 Å². The van der Waals surface area contributed by atoms with Crippen LogP contribution in [0.1, 0.15) is 15.9 Å². The number of nitrogens with one attached hydrogen (secondary N) is 1. The molecule has 0 fully saturated rings. The number of carbonyl (C=O) groups is 1. The van der Waals surface area contributed by atoms with E-state index in [1.165, 1.54) is 11.8 Å². The summed E-state index contributed by atoms with van der Waals surface area (Å²) in [4.78, 5) is 16.3. The van der Waals surface area contributed by atoms with Gasteiger partial charge < -0.3 is 5.32 Å². The van der Waals surface area contributed by atoms with Crippen LogP contribution in [0.3, 0.4) is 0 Å². The largest absolute Gasteiger partial charge is 0.322 e. The molecule has 94 valence electrons. The molecular weight excluding hydrogens is 256 g/mol. The molecule has 1 heterocycles. The Balaban J connectivity index is 2.23. The van der Waals surface area contributed by atoms with Gasteiger partial charge in [0.1, 0.15) is 5.03 Å². The summed E-state index contributed by atoms with van der Waals surface area (Å²) in [6, 6.07) is 10.7. The van der Waals surface area contributed by atoms with Gasteiger partial charge in [-0.15, -0.1) is 18.2 Å². The van der Waals surface area contributed by atoms with Crippen LogP contribution in [0.5, 0.6) is 0 Å². The number of carbonyl (C=O) groups excluding carboxylic acids is 1. The topological polar surface area (TPSA) is 42.0 Å². The number of thioether (sulfide) groups is 1. The average molecular weight is 268 g/mol. The number of anilines is 1. The molecule has 0 saturated heterocycles. The lowest BCUT2D eigenvalue weighted by molar-refractivity contribution is 0.102. The molecule has 0 spiro atoms. The third-order valence-corrected chi connectivity index (χ3v) is 3.21. The van der Waals surface area contributed by atoms with E-state index in [0.717, 1.165) is 5.56 Å². The molecule has 1 aromatic heterocycles. The molecular formula is C15H12N2OS. The van der Waals surface area contributed by atoms with E-state index >= 15 is 0 Å². The predicted octanol–water partition coefficient (Wildman–Crippen LogP) is 3.04.